The molecule has 1 rings (SSSR count). The number of hydrogen-bond acceptors (Lipinski definition) is 2. The number of nitrogens with two attached hydrogens (primary N) is 1. The molecule has 0 saturated carbocycles. The van der Waals surface area contributed by atoms with Crippen molar-refractivity contribution in [2.75, 3.05) is 18.8 Å². The summed E-state index contributed by atoms with van der Waals surface area (Å²) in [5.41, 5.74) is 5.16. The minimum Gasteiger partial charge on any atom is -0.351 e. The van der Waals surface area contributed by atoms with Crippen LogP contribution in [0.15, 0.2) is 0 Å². The lowest BCUT2D eigenvalue weighted by Crippen LogP contribution is -2.37. The lowest BCUT2D eigenvalue weighted by Gasteiger charge is -2.21. The summed E-state index contributed by atoms with van der Waals surface area (Å²) in [5, 5.41) is 0. The molecule has 0 spiro atoms. The predicted octanol–water partition coefficient (Wildman–Crippen LogP) is 0.298. The fourth-order valence-corrected chi connectivity index (χ4v) is 2.58. The van der Waals surface area contributed by atoms with Crippen LogP contribution < -0.4 is 5.73 Å². The maximum absolute atomic E-state index is 11.6. The molecule has 1 unspecified atom stereocenters. The quantitative estimate of drug-likeness (QED) is 0.616. The second-order valence-electron chi connectivity index (χ2n) is 3.88. The zero-order valence-corrected chi connectivity index (χ0v) is 8.89. The van der Waals surface area contributed by atoms with Crippen molar-refractivity contribution < 1.29 is 9.00 Å². The summed E-state index contributed by atoms with van der Waals surface area (Å²) in [4.78, 5) is 12.4. The van der Waals surface area contributed by atoms with Crippen molar-refractivity contribution in [1.82, 2.24) is 4.90 Å². The minimum atomic E-state index is -0.855. The molecule has 1 aliphatic rings. The Morgan fingerprint density at radius 1 is 1.46 bits per heavy atom. The topological polar surface area (TPSA) is 63.4 Å². The number of urea groups is 1. The van der Waals surface area contributed by atoms with Gasteiger partial charge in [-0.2, -0.15) is 0 Å². The van der Waals surface area contributed by atoms with E-state index in [-0.39, 0.29) is 4.75 Å². The van der Waals surface area contributed by atoms with Crippen LogP contribution in [0.4, 0.5) is 4.79 Å². The molecule has 2 amide bonds. The number of nitrogens with zero attached hydrogens (tertiary/aromatic N) is 1. The Balaban J connectivity index is 2.68. The molecule has 0 radical (unpaired) electrons. The Hall–Kier alpha value is -0.580. The molecule has 4 nitrogen and oxygen atoms in total. The highest BCUT2D eigenvalue weighted by Crippen LogP contribution is 2.21. The first kappa shape index (κ1) is 10.5. The summed E-state index contributed by atoms with van der Waals surface area (Å²) >= 11 is 0. The van der Waals surface area contributed by atoms with E-state index in [0.717, 1.165) is 6.42 Å². The number of hydrogen-bond donors (Lipinski definition) is 1. The predicted molar refractivity (Wildman–Crippen MR) is 52.9 cm³/mol. The van der Waals surface area contributed by atoms with Crippen LogP contribution in [-0.2, 0) is 10.8 Å². The Morgan fingerprint density at radius 3 is 2.62 bits per heavy atom. The molecular weight excluding hydrogens is 188 g/mol. The molecule has 2 N–H and O–H groups in total. The smallest absolute Gasteiger partial charge is 0.314 e. The molecular formula is C8H16N2O2S. The first-order chi connectivity index (χ1) is 5.93. The van der Waals surface area contributed by atoms with E-state index in [4.69, 9.17) is 5.73 Å². The van der Waals surface area contributed by atoms with Crippen molar-refractivity contribution >= 4 is 16.8 Å². The molecule has 0 bridgehead atoms. The molecule has 1 atom stereocenters. The lowest BCUT2D eigenvalue weighted by atomic mass is 10.1. The zero-order chi connectivity index (χ0) is 10.1. The Bertz CT molecular complexity index is 240. The van der Waals surface area contributed by atoms with E-state index < -0.39 is 16.8 Å². The van der Waals surface area contributed by atoms with Crippen LogP contribution in [-0.4, -0.2) is 38.7 Å². The van der Waals surface area contributed by atoms with Gasteiger partial charge in [-0.3, -0.25) is 4.21 Å². The van der Waals surface area contributed by atoms with Crippen LogP contribution in [0.1, 0.15) is 20.3 Å². The van der Waals surface area contributed by atoms with Crippen LogP contribution in [0.5, 0.6) is 0 Å². The molecule has 13 heavy (non-hydrogen) atoms. The van der Waals surface area contributed by atoms with Crippen molar-refractivity contribution in [2.45, 2.75) is 25.0 Å². The molecule has 0 aromatic carbocycles. The van der Waals surface area contributed by atoms with Crippen molar-refractivity contribution in [1.29, 1.82) is 0 Å². The summed E-state index contributed by atoms with van der Waals surface area (Å²) in [5.74, 6) is 0.538. The van der Waals surface area contributed by atoms with Crippen molar-refractivity contribution in [3.05, 3.63) is 0 Å². The third-order valence-corrected chi connectivity index (χ3v) is 4.45. The maximum atomic E-state index is 11.6. The zero-order valence-electron chi connectivity index (χ0n) is 8.08. The van der Waals surface area contributed by atoms with Crippen LogP contribution in [0.2, 0.25) is 0 Å². The molecule has 5 heteroatoms. The van der Waals surface area contributed by atoms with Gasteiger partial charge < -0.3 is 10.6 Å². The highest BCUT2D eigenvalue weighted by atomic mass is 32.2. The molecule has 1 aliphatic heterocycles. The average Bonchev–Trinajstić information content (AvgIpc) is 2.13. The van der Waals surface area contributed by atoms with E-state index in [1.165, 1.54) is 0 Å². The van der Waals surface area contributed by atoms with Gasteiger partial charge in [0.2, 0.25) is 0 Å². The van der Waals surface area contributed by atoms with E-state index in [1.54, 1.807) is 4.90 Å². The van der Waals surface area contributed by atoms with E-state index in [1.807, 2.05) is 13.8 Å². The van der Waals surface area contributed by atoms with E-state index >= 15 is 0 Å². The van der Waals surface area contributed by atoms with E-state index in [0.29, 0.717) is 18.8 Å². The number of carbonyl (C=O) groups is 1. The van der Waals surface area contributed by atoms with Crippen molar-refractivity contribution in [3.63, 3.8) is 0 Å². The Morgan fingerprint density at radius 2 is 2.08 bits per heavy atom. The summed E-state index contributed by atoms with van der Waals surface area (Å²) in [6, 6.07) is -0.408. The molecule has 1 fully saturated rings. The van der Waals surface area contributed by atoms with Gasteiger partial charge in [-0.15, -0.1) is 0 Å². The average molecular weight is 204 g/mol. The van der Waals surface area contributed by atoms with Gasteiger partial charge in [0.1, 0.15) is 0 Å². The second-order valence-corrected chi connectivity index (χ2v) is 6.09. The summed E-state index contributed by atoms with van der Waals surface area (Å²) < 4.78 is 11.4. The fourth-order valence-electron chi connectivity index (χ4n) is 1.32. The van der Waals surface area contributed by atoms with Gasteiger partial charge in [-0.05, 0) is 20.3 Å². The number of primary amides is 1. The molecule has 0 aliphatic carbocycles. The van der Waals surface area contributed by atoms with Gasteiger partial charge in [0.05, 0.1) is 0 Å². The monoisotopic (exact) mass is 204 g/mol. The van der Waals surface area contributed by atoms with Gasteiger partial charge in [0.15, 0.2) is 0 Å². The van der Waals surface area contributed by atoms with Gasteiger partial charge in [0.25, 0.3) is 0 Å². The molecule has 1 saturated heterocycles. The Kier molecular flexibility index (Phi) is 2.95. The fraction of sp³-hybridized carbons (Fsp3) is 0.875. The Labute approximate surface area is 80.9 Å². The molecule has 1 heterocycles. The standard InChI is InChI=1S/C8H16N2O2S/c1-8(2)3-4-10(7(9)11)5-6-13(8)12/h3-6H2,1-2H3,(H2,9,11). The summed E-state index contributed by atoms with van der Waals surface area (Å²) in [6.45, 7) is 5.07. The number of rotatable bonds is 0. The SMILES string of the molecule is CC1(C)CCN(C(N)=O)CCS1=O. The van der Waals surface area contributed by atoms with Crippen molar-refractivity contribution in [2.24, 2.45) is 5.73 Å². The third-order valence-electron chi connectivity index (χ3n) is 2.46. The van der Waals surface area contributed by atoms with Gasteiger partial charge in [-0.25, -0.2) is 4.79 Å². The van der Waals surface area contributed by atoms with Crippen LogP contribution in [0.3, 0.4) is 0 Å². The highest BCUT2D eigenvalue weighted by molar-refractivity contribution is 7.86. The normalized spacial score (nSPS) is 28.2. The summed E-state index contributed by atoms with van der Waals surface area (Å²) in [7, 11) is -0.855. The highest BCUT2D eigenvalue weighted by Gasteiger charge is 2.30. The van der Waals surface area contributed by atoms with Crippen LogP contribution in [0.25, 0.3) is 0 Å². The first-order valence-corrected chi connectivity index (χ1v) is 5.68. The molecule has 76 valence electrons. The maximum Gasteiger partial charge on any atom is 0.314 e. The largest absolute Gasteiger partial charge is 0.351 e. The first-order valence-electron chi connectivity index (χ1n) is 4.36. The van der Waals surface area contributed by atoms with Gasteiger partial charge >= 0.3 is 6.03 Å². The third kappa shape index (κ3) is 2.43. The lowest BCUT2D eigenvalue weighted by molar-refractivity contribution is 0.210. The van der Waals surface area contributed by atoms with Crippen LogP contribution in [0, 0.1) is 0 Å². The van der Waals surface area contributed by atoms with Crippen LogP contribution >= 0.6 is 0 Å². The summed E-state index contributed by atoms with van der Waals surface area (Å²) in [6.07, 6.45) is 0.753. The minimum absolute atomic E-state index is 0.190. The van der Waals surface area contributed by atoms with E-state index in [2.05, 4.69) is 0 Å². The number of carbonyl (C=O) groups excluding carboxylic acids is 1. The van der Waals surface area contributed by atoms with Gasteiger partial charge in [-0.1, -0.05) is 0 Å². The van der Waals surface area contributed by atoms with E-state index in [9.17, 15) is 9.00 Å². The molecule has 0 aromatic rings. The van der Waals surface area contributed by atoms with Crippen molar-refractivity contribution in [3.8, 4) is 0 Å². The molecule has 0 aromatic heterocycles. The second kappa shape index (κ2) is 3.65. The number of amides is 2. The van der Waals surface area contributed by atoms with Gasteiger partial charge in [0, 0.05) is 34.4 Å².